The van der Waals surface area contributed by atoms with Crippen LogP contribution in [0.3, 0.4) is 0 Å². The zero-order valence-electron chi connectivity index (χ0n) is 10.1. The molecule has 0 radical (unpaired) electrons. The third-order valence-corrected chi connectivity index (χ3v) is 2.54. The van der Waals surface area contributed by atoms with E-state index in [1.165, 1.54) is 0 Å². The number of rotatable bonds is 4. The van der Waals surface area contributed by atoms with E-state index in [0.717, 1.165) is 10.8 Å². The molecule has 18 heavy (non-hydrogen) atoms. The second-order valence-electron chi connectivity index (χ2n) is 3.94. The first-order valence-corrected chi connectivity index (χ1v) is 5.81. The van der Waals surface area contributed by atoms with Gasteiger partial charge in [0.25, 0.3) is 5.91 Å². The molecule has 1 amide bonds. The van der Waals surface area contributed by atoms with Crippen LogP contribution in [0, 0.1) is 0 Å². The minimum atomic E-state index is -0.145. The van der Waals surface area contributed by atoms with Crippen molar-refractivity contribution in [3.05, 3.63) is 36.4 Å². The Bertz CT molecular complexity index is 566. The normalized spacial score (nSPS) is 10.3. The molecule has 0 aromatic heterocycles. The molecule has 2 N–H and O–H groups in total. The Hall–Kier alpha value is -2.23. The Morgan fingerprint density at radius 3 is 2.78 bits per heavy atom. The van der Waals surface area contributed by atoms with Crippen molar-refractivity contribution in [2.24, 2.45) is 0 Å². The highest BCUT2D eigenvalue weighted by Gasteiger charge is 2.02. The molecule has 2 aromatic rings. The second-order valence-corrected chi connectivity index (χ2v) is 3.94. The third-order valence-electron chi connectivity index (χ3n) is 2.54. The topological polar surface area (TPSA) is 58.6 Å². The van der Waals surface area contributed by atoms with Crippen LogP contribution in [0.2, 0.25) is 0 Å². The zero-order chi connectivity index (χ0) is 13.0. The van der Waals surface area contributed by atoms with Gasteiger partial charge in [0.2, 0.25) is 0 Å². The minimum Gasteiger partial charge on any atom is -0.508 e. The highest BCUT2D eigenvalue weighted by Crippen LogP contribution is 2.24. The maximum Gasteiger partial charge on any atom is 0.257 e. The Kier molecular flexibility index (Phi) is 3.67. The minimum absolute atomic E-state index is 0.00182. The summed E-state index contributed by atoms with van der Waals surface area (Å²) in [6.45, 7) is 2.45. The van der Waals surface area contributed by atoms with Gasteiger partial charge in [-0.1, -0.05) is 12.1 Å². The number of benzene rings is 2. The predicted octanol–water partition coefficient (Wildman–Crippen LogP) is 2.06. The van der Waals surface area contributed by atoms with Gasteiger partial charge >= 0.3 is 0 Å². The number of phenols is 1. The molecule has 4 heteroatoms. The van der Waals surface area contributed by atoms with E-state index < -0.39 is 0 Å². The van der Waals surface area contributed by atoms with Crippen LogP contribution in [0.5, 0.6) is 11.5 Å². The fourth-order valence-corrected chi connectivity index (χ4v) is 1.70. The van der Waals surface area contributed by atoms with Crippen LogP contribution < -0.4 is 10.1 Å². The van der Waals surface area contributed by atoms with Gasteiger partial charge in [0.15, 0.2) is 6.61 Å². The van der Waals surface area contributed by atoms with E-state index in [2.05, 4.69) is 5.32 Å². The van der Waals surface area contributed by atoms with Crippen LogP contribution in [0.25, 0.3) is 10.8 Å². The highest BCUT2D eigenvalue weighted by atomic mass is 16.5. The first kappa shape index (κ1) is 12.2. The molecule has 0 heterocycles. The van der Waals surface area contributed by atoms with Gasteiger partial charge in [0.1, 0.15) is 11.5 Å². The first-order valence-electron chi connectivity index (χ1n) is 5.81. The highest BCUT2D eigenvalue weighted by molar-refractivity contribution is 5.85. The number of carbonyl (C=O) groups is 1. The summed E-state index contributed by atoms with van der Waals surface area (Å²) in [7, 11) is 0. The summed E-state index contributed by atoms with van der Waals surface area (Å²) in [6, 6.07) is 10.6. The molecule has 2 aromatic carbocycles. The molecule has 0 spiro atoms. The Morgan fingerprint density at radius 2 is 2.00 bits per heavy atom. The number of phenolic OH excluding ortho intramolecular Hbond substituents is 1. The summed E-state index contributed by atoms with van der Waals surface area (Å²) in [6.07, 6.45) is 0. The zero-order valence-corrected chi connectivity index (χ0v) is 10.1. The van der Waals surface area contributed by atoms with E-state index >= 15 is 0 Å². The third kappa shape index (κ3) is 2.91. The van der Waals surface area contributed by atoms with Gasteiger partial charge in [-0.05, 0) is 42.0 Å². The van der Waals surface area contributed by atoms with Crippen molar-refractivity contribution in [2.45, 2.75) is 6.92 Å². The largest absolute Gasteiger partial charge is 0.508 e. The molecule has 0 aliphatic rings. The van der Waals surface area contributed by atoms with Gasteiger partial charge in [-0.25, -0.2) is 0 Å². The van der Waals surface area contributed by atoms with Crippen LogP contribution in [0.1, 0.15) is 6.92 Å². The average molecular weight is 245 g/mol. The molecule has 4 nitrogen and oxygen atoms in total. The molecule has 0 bridgehead atoms. The van der Waals surface area contributed by atoms with Crippen molar-refractivity contribution < 1.29 is 14.6 Å². The molecule has 0 aliphatic heterocycles. The van der Waals surface area contributed by atoms with Crippen LogP contribution in [-0.2, 0) is 4.79 Å². The lowest BCUT2D eigenvalue weighted by atomic mass is 10.1. The van der Waals surface area contributed by atoms with Gasteiger partial charge in [0.05, 0.1) is 0 Å². The molecule has 2 rings (SSSR count). The van der Waals surface area contributed by atoms with Gasteiger partial charge in [-0.2, -0.15) is 0 Å². The van der Waals surface area contributed by atoms with Crippen molar-refractivity contribution in [1.82, 2.24) is 5.32 Å². The maximum absolute atomic E-state index is 11.3. The van der Waals surface area contributed by atoms with E-state index in [9.17, 15) is 9.90 Å². The molecule has 0 saturated heterocycles. The average Bonchev–Trinajstić information content (AvgIpc) is 2.36. The van der Waals surface area contributed by atoms with Crippen LogP contribution >= 0.6 is 0 Å². The van der Waals surface area contributed by atoms with Crippen molar-refractivity contribution in [1.29, 1.82) is 0 Å². The summed E-state index contributed by atoms with van der Waals surface area (Å²) in [4.78, 5) is 11.3. The number of likely N-dealkylation sites (N-methyl/N-ethyl adjacent to an activating group) is 1. The quantitative estimate of drug-likeness (QED) is 0.866. The summed E-state index contributed by atoms with van der Waals surface area (Å²) in [5.74, 6) is 0.677. The van der Waals surface area contributed by atoms with Crippen molar-refractivity contribution in [3.63, 3.8) is 0 Å². The summed E-state index contributed by atoms with van der Waals surface area (Å²) >= 11 is 0. The fraction of sp³-hybridized carbons (Fsp3) is 0.214. The number of fused-ring (bicyclic) bond motifs is 1. The second kappa shape index (κ2) is 5.40. The number of carbonyl (C=O) groups excluding carboxylic acids is 1. The number of hydrogen-bond donors (Lipinski definition) is 2. The molecule has 94 valence electrons. The van der Waals surface area contributed by atoms with Gasteiger partial charge in [-0.15, -0.1) is 0 Å². The van der Waals surface area contributed by atoms with E-state index in [1.54, 1.807) is 24.3 Å². The lowest BCUT2D eigenvalue weighted by Gasteiger charge is -2.07. The number of amides is 1. The van der Waals surface area contributed by atoms with Crippen molar-refractivity contribution in [3.8, 4) is 11.5 Å². The lowest BCUT2D eigenvalue weighted by Crippen LogP contribution is -2.28. The van der Waals surface area contributed by atoms with Crippen LogP contribution in [-0.4, -0.2) is 24.2 Å². The SMILES string of the molecule is CCNC(=O)COc1ccc2ccc(O)cc2c1. The van der Waals surface area contributed by atoms with Gasteiger partial charge in [-0.3, -0.25) is 4.79 Å². The summed E-state index contributed by atoms with van der Waals surface area (Å²) in [5.41, 5.74) is 0. The Morgan fingerprint density at radius 1 is 1.22 bits per heavy atom. The van der Waals surface area contributed by atoms with Crippen molar-refractivity contribution in [2.75, 3.05) is 13.2 Å². The fourth-order valence-electron chi connectivity index (χ4n) is 1.70. The summed E-state index contributed by atoms with van der Waals surface area (Å²) < 4.78 is 5.37. The van der Waals surface area contributed by atoms with E-state index in [4.69, 9.17) is 4.74 Å². The number of ether oxygens (including phenoxy) is 1. The van der Waals surface area contributed by atoms with Crippen LogP contribution in [0.15, 0.2) is 36.4 Å². The molecular formula is C14H15NO3. The van der Waals surface area contributed by atoms with Crippen LogP contribution in [0.4, 0.5) is 0 Å². The van der Waals surface area contributed by atoms with E-state index in [-0.39, 0.29) is 18.3 Å². The number of hydrogen-bond acceptors (Lipinski definition) is 3. The molecule has 0 unspecified atom stereocenters. The lowest BCUT2D eigenvalue weighted by molar-refractivity contribution is -0.122. The van der Waals surface area contributed by atoms with E-state index in [0.29, 0.717) is 12.3 Å². The molecule has 0 aliphatic carbocycles. The Balaban J connectivity index is 2.12. The molecule has 0 atom stereocenters. The first-order chi connectivity index (χ1) is 8.69. The summed E-state index contributed by atoms with van der Waals surface area (Å²) in [5, 5.41) is 14.0. The molecule has 0 fully saturated rings. The predicted molar refractivity (Wildman–Crippen MR) is 69.8 cm³/mol. The van der Waals surface area contributed by atoms with Gasteiger partial charge in [0, 0.05) is 6.54 Å². The molecular weight excluding hydrogens is 230 g/mol. The standard InChI is InChI=1S/C14H15NO3/c1-2-15-14(17)9-18-13-6-4-10-3-5-12(16)7-11(10)8-13/h3-8,16H,2,9H2,1H3,(H,15,17). The van der Waals surface area contributed by atoms with Crippen molar-refractivity contribution >= 4 is 16.7 Å². The maximum atomic E-state index is 11.3. The number of nitrogens with one attached hydrogen (secondary N) is 1. The Labute approximate surface area is 105 Å². The molecule has 0 saturated carbocycles. The van der Waals surface area contributed by atoms with Gasteiger partial charge < -0.3 is 15.2 Å². The smallest absolute Gasteiger partial charge is 0.257 e. The van der Waals surface area contributed by atoms with E-state index in [1.807, 2.05) is 19.1 Å². The monoisotopic (exact) mass is 245 g/mol. The number of aromatic hydroxyl groups is 1.